The summed E-state index contributed by atoms with van der Waals surface area (Å²) < 4.78 is 10.8. The maximum absolute atomic E-state index is 12.7. The summed E-state index contributed by atoms with van der Waals surface area (Å²) in [6, 6.07) is 0. The van der Waals surface area contributed by atoms with Crippen molar-refractivity contribution in [3.05, 3.63) is 37.0 Å². The Labute approximate surface area is 156 Å². The third-order valence-corrected chi connectivity index (χ3v) is 5.77. The Morgan fingerprint density at radius 1 is 1.19 bits per heavy atom. The molecule has 26 heavy (non-hydrogen) atoms. The molecule has 0 N–H and O–H groups in total. The molecule has 1 aliphatic heterocycles. The number of hydrogen-bond acceptors (Lipinski definition) is 5. The summed E-state index contributed by atoms with van der Waals surface area (Å²) >= 11 is 0. The molecule has 0 atom stereocenters. The Kier molecular flexibility index (Phi) is 7.35. The van der Waals surface area contributed by atoms with Crippen LogP contribution in [0.3, 0.4) is 0 Å². The molecule has 0 aromatic heterocycles. The van der Waals surface area contributed by atoms with Crippen LogP contribution in [-0.2, 0) is 19.1 Å². The highest BCUT2D eigenvalue weighted by Crippen LogP contribution is 2.44. The number of esters is 1. The maximum Gasteiger partial charge on any atom is 0.313 e. The molecule has 2 aliphatic rings. The number of carbonyl (C=O) groups excluding carboxylic acids is 2. The molecular weight excluding hydrogens is 330 g/mol. The van der Waals surface area contributed by atoms with Gasteiger partial charge in [0, 0.05) is 13.7 Å². The normalized spacial score (nSPS) is 22.1. The molecule has 0 amide bonds. The van der Waals surface area contributed by atoms with Crippen molar-refractivity contribution in [2.24, 2.45) is 10.8 Å². The first-order chi connectivity index (χ1) is 12.5. The van der Waals surface area contributed by atoms with E-state index >= 15 is 0 Å². The first-order valence-corrected chi connectivity index (χ1v) is 9.32. The number of rotatable bonds is 10. The van der Waals surface area contributed by atoms with Gasteiger partial charge in [0.15, 0.2) is 0 Å². The van der Waals surface area contributed by atoms with E-state index in [0.717, 1.165) is 57.1 Å². The lowest BCUT2D eigenvalue weighted by Gasteiger charge is -2.45. The number of piperidine rings is 1. The van der Waals surface area contributed by atoms with Gasteiger partial charge in [-0.3, -0.25) is 4.79 Å². The number of ether oxygens (including phenoxy) is 2. The van der Waals surface area contributed by atoms with Crippen molar-refractivity contribution >= 4 is 12.3 Å². The fourth-order valence-electron chi connectivity index (χ4n) is 3.83. The lowest BCUT2D eigenvalue weighted by Crippen LogP contribution is -2.52. The molecule has 5 heteroatoms. The fraction of sp³-hybridized carbons (Fsp3) is 0.619. The summed E-state index contributed by atoms with van der Waals surface area (Å²) in [5.41, 5.74) is 0.0756. The second kappa shape index (κ2) is 9.28. The van der Waals surface area contributed by atoms with Crippen LogP contribution < -0.4 is 0 Å². The average molecular weight is 361 g/mol. The highest BCUT2D eigenvalue weighted by atomic mass is 16.5. The Hall–Kier alpha value is -1.72. The van der Waals surface area contributed by atoms with Gasteiger partial charge in [0.1, 0.15) is 12.9 Å². The molecule has 1 saturated carbocycles. The van der Waals surface area contributed by atoms with E-state index in [1.807, 2.05) is 0 Å². The van der Waals surface area contributed by atoms with Crippen LogP contribution in [0, 0.1) is 10.8 Å². The van der Waals surface area contributed by atoms with Gasteiger partial charge in [-0.15, -0.1) is 0 Å². The van der Waals surface area contributed by atoms with Crippen LogP contribution in [0.2, 0.25) is 0 Å². The third-order valence-electron chi connectivity index (χ3n) is 5.77. The fourth-order valence-corrected chi connectivity index (χ4v) is 3.83. The Morgan fingerprint density at radius 2 is 1.88 bits per heavy atom. The molecule has 2 fully saturated rings. The number of hydrogen-bond donors (Lipinski definition) is 0. The van der Waals surface area contributed by atoms with Crippen LogP contribution >= 0.6 is 0 Å². The van der Waals surface area contributed by atoms with E-state index in [1.54, 1.807) is 25.3 Å². The zero-order valence-corrected chi connectivity index (χ0v) is 15.9. The van der Waals surface area contributed by atoms with Crippen molar-refractivity contribution in [3.8, 4) is 0 Å². The van der Waals surface area contributed by atoms with Crippen LogP contribution in [0.1, 0.15) is 32.1 Å². The predicted molar refractivity (Wildman–Crippen MR) is 102 cm³/mol. The molecule has 2 rings (SSSR count). The number of carbonyl (C=O) groups is 2. The number of aldehydes is 1. The van der Waals surface area contributed by atoms with Gasteiger partial charge in [-0.25, -0.2) is 0 Å². The highest BCUT2D eigenvalue weighted by Gasteiger charge is 2.47. The highest BCUT2D eigenvalue weighted by molar-refractivity contribution is 5.78. The van der Waals surface area contributed by atoms with E-state index in [4.69, 9.17) is 9.47 Å². The Bertz CT molecular complexity index is 554. The van der Waals surface area contributed by atoms with Gasteiger partial charge in [-0.2, -0.15) is 0 Å². The SMILES string of the molecule is C=C/C=C(\C=C)COC(=O)C1(CN2CCC(C=O)(COC)CC2)CCC1. The molecule has 0 unspecified atom stereocenters. The van der Waals surface area contributed by atoms with Crippen LogP contribution in [-0.4, -0.2) is 57.1 Å². The van der Waals surface area contributed by atoms with Crippen molar-refractivity contribution in [1.82, 2.24) is 4.90 Å². The Morgan fingerprint density at radius 3 is 2.35 bits per heavy atom. The van der Waals surface area contributed by atoms with E-state index in [9.17, 15) is 9.59 Å². The molecule has 144 valence electrons. The van der Waals surface area contributed by atoms with E-state index in [2.05, 4.69) is 18.1 Å². The van der Waals surface area contributed by atoms with E-state index in [1.165, 1.54) is 0 Å². The van der Waals surface area contributed by atoms with Crippen molar-refractivity contribution in [2.75, 3.05) is 40.0 Å². The van der Waals surface area contributed by atoms with Gasteiger partial charge < -0.3 is 19.2 Å². The first-order valence-electron chi connectivity index (χ1n) is 9.32. The molecule has 0 spiro atoms. The second-order valence-corrected chi connectivity index (χ2v) is 7.58. The first kappa shape index (κ1) is 20.6. The predicted octanol–water partition coefficient (Wildman–Crippen LogP) is 2.93. The summed E-state index contributed by atoms with van der Waals surface area (Å²) in [6.45, 7) is 10.4. The minimum absolute atomic E-state index is 0.121. The lowest BCUT2D eigenvalue weighted by atomic mass is 9.68. The molecule has 0 aromatic carbocycles. The summed E-state index contributed by atoms with van der Waals surface area (Å²) in [6.07, 6.45) is 10.5. The van der Waals surface area contributed by atoms with Gasteiger partial charge >= 0.3 is 5.97 Å². The molecule has 0 aromatic rings. The summed E-state index contributed by atoms with van der Waals surface area (Å²) in [5.74, 6) is -0.121. The molecule has 1 heterocycles. The van der Waals surface area contributed by atoms with Crippen molar-refractivity contribution < 1.29 is 19.1 Å². The molecule has 1 aliphatic carbocycles. The minimum atomic E-state index is -0.400. The van der Waals surface area contributed by atoms with Gasteiger partial charge in [0.05, 0.1) is 17.4 Å². The van der Waals surface area contributed by atoms with Crippen LogP contribution in [0.4, 0.5) is 0 Å². The molecule has 0 bridgehead atoms. The van der Waals surface area contributed by atoms with Crippen LogP contribution in [0.25, 0.3) is 0 Å². The number of allylic oxidation sites excluding steroid dienone is 2. The molecule has 0 radical (unpaired) electrons. The van der Waals surface area contributed by atoms with Crippen molar-refractivity contribution in [3.63, 3.8) is 0 Å². The smallest absolute Gasteiger partial charge is 0.313 e. The number of methoxy groups -OCH3 is 1. The topological polar surface area (TPSA) is 55.8 Å². The second-order valence-electron chi connectivity index (χ2n) is 7.58. The van der Waals surface area contributed by atoms with Gasteiger partial charge in [-0.1, -0.05) is 37.8 Å². The summed E-state index contributed by atoms with van der Waals surface area (Å²) in [5, 5.41) is 0. The quantitative estimate of drug-likeness (QED) is 0.340. The minimum Gasteiger partial charge on any atom is -0.460 e. The number of likely N-dealkylation sites (tertiary alicyclic amines) is 1. The van der Waals surface area contributed by atoms with Gasteiger partial charge in [0.25, 0.3) is 0 Å². The molecule has 5 nitrogen and oxygen atoms in total. The summed E-state index contributed by atoms with van der Waals surface area (Å²) in [7, 11) is 1.63. The van der Waals surface area contributed by atoms with Crippen molar-refractivity contribution in [2.45, 2.75) is 32.1 Å². The van der Waals surface area contributed by atoms with Gasteiger partial charge in [-0.05, 0) is 44.3 Å². The zero-order valence-electron chi connectivity index (χ0n) is 15.9. The molecular formula is C21H31NO4. The van der Waals surface area contributed by atoms with E-state index < -0.39 is 5.41 Å². The van der Waals surface area contributed by atoms with Crippen LogP contribution in [0.15, 0.2) is 37.0 Å². The third kappa shape index (κ3) is 4.71. The van der Waals surface area contributed by atoms with Gasteiger partial charge in [0.2, 0.25) is 0 Å². The standard InChI is InChI=1S/C21H31NO4/c1-4-7-18(5-2)14-26-19(24)21(8-6-9-21)15-22-12-10-20(16-23,11-13-22)17-25-3/h4-5,7,16H,1-2,6,8-15,17H2,3H3/b18-7+. The van der Waals surface area contributed by atoms with Crippen LogP contribution in [0.5, 0.6) is 0 Å². The summed E-state index contributed by atoms with van der Waals surface area (Å²) in [4.78, 5) is 26.5. The maximum atomic E-state index is 12.7. The van der Waals surface area contributed by atoms with Crippen molar-refractivity contribution in [1.29, 1.82) is 0 Å². The van der Waals surface area contributed by atoms with E-state index in [0.29, 0.717) is 13.2 Å². The zero-order chi connectivity index (χ0) is 19.0. The lowest BCUT2D eigenvalue weighted by molar-refractivity contribution is -0.163. The largest absolute Gasteiger partial charge is 0.460 e. The monoisotopic (exact) mass is 361 g/mol. The van der Waals surface area contributed by atoms with E-state index in [-0.39, 0.29) is 18.0 Å². The number of nitrogens with zero attached hydrogens (tertiary/aromatic N) is 1. The molecule has 1 saturated heterocycles. The average Bonchev–Trinajstić information content (AvgIpc) is 2.63. The Balaban J connectivity index is 1.91.